The van der Waals surface area contributed by atoms with Gasteiger partial charge in [-0.15, -0.1) is 0 Å². The van der Waals surface area contributed by atoms with Gasteiger partial charge in [0, 0.05) is 18.9 Å². The van der Waals surface area contributed by atoms with E-state index in [1.54, 1.807) is 0 Å². The number of hydrogen-bond donors (Lipinski definition) is 3. The number of rotatable bonds is 10. The van der Waals surface area contributed by atoms with Crippen LogP contribution in [0.3, 0.4) is 0 Å². The maximum Gasteiger partial charge on any atom is 0.407 e. The summed E-state index contributed by atoms with van der Waals surface area (Å²) in [6.45, 7) is 1.48. The van der Waals surface area contributed by atoms with Gasteiger partial charge in [-0.1, -0.05) is 55.5 Å². The number of ether oxygens (including phenoxy) is 1. The maximum atomic E-state index is 12.4. The van der Waals surface area contributed by atoms with Crippen LogP contribution in [0.1, 0.15) is 36.8 Å². The SMILES string of the molecule is CC(CNC(=O)C(CC(=O)O)NC(=O)OCC1c2ccccc2-c2ccccc21)CC(F)F. The third-order valence-electron chi connectivity index (χ3n) is 5.54. The van der Waals surface area contributed by atoms with Gasteiger partial charge in [-0.3, -0.25) is 9.59 Å². The standard InChI is InChI=1S/C24H26F2N2O5/c1-14(10-21(25)26)12-27-23(31)20(11-22(29)30)28-24(32)33-13-19-17-8-4-2-6-15(17)16-7-3-5-9-18(16)19/h2-9,14,19-21H,10-13H2,1H3,(H,27,31)(H,28,32)(H,29,30). The van der Waals surface area contributed by atoms with Gasteiger partial charge in [-0.05, 0) is 28.2 Å². The minimum Gasteiger partial charge on any atom is -0.481 e. The van der Waals surface area contributed by atoms with E-state index in [-0.39, 0.29) is 19.1 Å². The highest BCUT2D eigenvalue weighted by Gasteiger charge is 2.30. The number of alkyl carbamates (subject to hydrolysis) is 1. The molecule has 2 aromatic carbocycles. The molecule has 2 unspecified atom stereocenters. The van der Waals surface area contributed by atoms with Gasteiger partial charge in [0.1, 0.15) is 12.6 Å². The Balaban J connectivity index is 1.60. The van der Waals surface area contributed by atoms with Crippen LogP contribution in [0.5, 0.6) is 0 Å². The zero-order chi connectivity index (χ0) is 24.0. The number of carbonyl (C=O) groups is 3. The first-order chi connectivity index (χ1) is 15.8. The first kappa shape index (κ1) is 24.2. The predicted molar refractivity (Wildman–Crippen MR) is 117 cm³/mol. The lowest BCUT2D eigenvalue weighted by molar-refractivity contribution is -0.139. The molecule has 2 aromatic rings. The highest BCUT2D eigenvalue weighted by Crippen LogP contribution is 2.44. The van der Waals surface area contributed by atoms with Crippen molar-refractivity contribution in [2.24, 2.45) is 5.92 Å². The van der Waals surface area contributed by atoms with Gasteiger partial charge in [-0.2, -0.15) is 0 Å². The van der Waals surface area contributed by atoms with E-state index >= 15 is 0 Å². The molecule has 1 aliphatic carbocycles. The molecular weight excluding hydrogens is 434 g/mol. The molecule has 9 heteroatoms. The van der Waals surface area contributed by atoms with Gasteiger partial charge < -0.3 is 20.5 Å². The van der Waals surface area contributed by atoms with Crippen LogP contribution in [-0.4, -0.2) is 48.7 Å². The van der Waals surface area contributed by atoms with Crippen molar-refractivity contribution in [3.05, 3.63) is 59.7 Å². The number of nitrogens with one attached hydrogen (secondary N) is 2. The van der Waals surface area contributed by atoms with E-state index in [0.29, 0.717) is 0 Å². The summed E-state index contributed by atoms with van der Waals surface area (Å²) in [7, 11) is 0. The molecule has 2 amide bonds. The Morgan fingerprint density at radius 2 is 1.61 bits per heavy atom. The Morgan fingerprint density at radius 1 is 1.03 bits per heavy atom. The summed E-state index contributed by atoms with van der Waals surface area (Å²) in [6, 6.07) is 14.2. The van der Waals surface area contributed by atoms with Gasteiger partial charge in [0.05, 0.1) is 6.42 Å². The summed E-state index contributed by atoms with van der Waals surface area (Å²) >= 11 is 0. The second-order valence-corrected chi connectivity index (χ2v) is 8.10. The molecule has 0 radical (unpaired) electrons. The highest BCUT2D eigenvalue weighted by atomic mass is 19.3. The quantitative estimate of drug-likeness (QED) is 0.501. The molecule has 33 heavy (non-hydrogen) atoms. The summed E-state index contributed by atoms with van der Waals surface area (Å²) in [5.41, 5.74) is 4.14. The van der Waals surface area contributed by atoms with Gasteiger partial charge in [0.25, 0.3) is 0 Å². The van der Waals surface area contributed by atoms with Crippen LogP contribution in [0.2, 0.25) is 0 Å². The molecule has 0 bridgehead atoms. The average molecular weight is 460 g/mol. The van der Waals surface area contributed by atoms with Crippen LogP contribution >= 0.6 is 0 Å². The molecule has 0 fully saturated rings. The van der Waals surface area contributed by atoms with Gasteiger partial charge >= 0.3 is 12.1 Å². The lowest BCUT2D eigenvalue weighted by Crippen LogP contribution is -2.49. The largest absolute Gasteiger partial charge is 0.481 e. The molecule has 0 aromatic heterocycles. The lowest BCUT2D eigenvalue weighted by atomic mass is 9.98. The van der Waals surface area contributed by atoms with E-state index in [0.717, 1.165) is 22.3 Å². The van der Waals surface area contributed by atoms with Crippen LogP contribution in [-0.2, 0) is 14.3 Å². The first-order valence-electron chi connectivity index (χ1n) is 10.7. The lowest BCUT2D eigenvalue weighted by Gasteiger charge is -2.20. The number of hydrogen-bond acceptors (Lipinski definition) is 4. The molecule has 1 aliphatic rings. The topological polar surface area (TPSA) is 105 Å². The average Bonchev–Trinajstić information content (AvgIpc) is 3.08. The zero-order valence-electron chi connectivity index (χ0n) is 18.1. The Kier molecular flexibility index (Phi) is 7.97. The van der Waals surface area contributed by atoms with E-state index in [9.17, 15) is 23.2 Å². The number of benzene rings is 2. The van der Waals surface area contributed by atoms with Crippen molar-refractivity contribution in [1.29, 1.82) is 0 Å². The van der Waals surface area contributed by atoms with E-state index in [1.807, 2.05) is 48.5 Å². The molecule has 176 valence electrons. The molecule has 0 saturated heterocycles. The number of carboxylic acid groups (broad SMARTS) is 1. The summed E-state index contributed by atoms with van der Waals surface area (Å²) in [5, 5.41) is 13.8. The van der Waals surface area contributed by atoms with E-state index in [4.69, 9.17) is 9.84 Å². The number of amides is 2. The minimum absolute atomic E-state index is 0.00664. The number of alkyl halides is 2. The molecule has 7 nitrogen and oxygen atoms in total. The van der Waals surface area contributed by atoms with Gasteiger partial charge in [-0.25, -0.2) is 13.6 Å². The third kappa shape index (κ3) is 6.27. The Labute approximate surface area is 190 Å². The fourth-order valence-corrected chi connectivity index (χ4v) is 3.95. The van der Waals surface area contributed by atoms with Gasteiger partial charge in [0.15, 0.2) is 0 Å². The summed E-state index contributed by atoms with van der Waals surface area (Å²) in [5.74, 6) is -2.76. The third-order valence-corrected chi connectivity index (χ3v) is 5.54. The molecule has 0 aliphatic heterocycles. The van der Waals surface area contributed by atoms with Crippen LogP contribution in [0.15, 0.2) is 48.5 Å². The summed E-state index contributed by atoms with van der Waals surface area (Å²) in [4.78, 5) is 35.9. The Bertz CT molecular complexity index is 968. The minimum atomic E-state index is -2.51. The number of aliphatic carboxylic acids is 1. The maximum absolute atomic E-state index is 12.4. The van der Waals surface area contributed by atoms with E-state index in [2.05, 4.69) is 10.6 Å². The van der Waals surface area contributed by atoms with Crippen molar-refractivity contribution < 1.29 is 33.0 Å². The molecule has 3 N–H and O–H groups in total. The van der Waals surface area contributed by atoms with E-state index in [1.165, 1.54) is 6.92 Å². The summed E-state index contributed by atoms with van der Waals surface area (Å²) in [6.07, 6.45) is -4.51. The smallest absolute Gasteiger partial charge is 0.407 e. The van der Waals surface area contributed by atoms with Gasteiger partial charge in [0.2, 0.25) is 12.3 Å². The van der Waals surface area contributed by atoms with Crippen LogP contribution in [0, 0.1) is 5.92 Å². The molecule has 0 saturated carbocycles. The molecule has 3 rings (SSSR count). The fourth-order valence-electron chi connectivity index (χ4n) is 3.95. The van der Waals surface area contributed by atoms with Crippen molar-refractivity contribution in [1.82, 2.24) is 10.6 Å². The number of carboxylic acids is 1. The second-order valence-electron chi connectivity index (χ2n) is 8.10. The second kappa shape index (κ2) is 10.9. The molecule has 2 atom stereocenters. The zero-order valence-corrected chi connectivity index (χ0v) is 18.1. The van der Waals surface area contributed by atoms with Crippen molar-refractivity contribution in [2.75, 3.05) is 13.2 Å². The Morgan fingerprint density at radius 3 is 2.15 bits per heavy atom. The van der Waals surface area contributed by atoms with Crippen molar-refractivity contribution >= 4 is 18.0 Å². The molecular formula is C24H26F2N2O5. The number of carbonyl (C=O) groups excluding carboxylic acids is 2. The van der Waals surface area contributed by atoms with Crippen LogP contribution < -0.4 is 10.6 Å². The highest BCUT2D eigenvalue weighted by molar-refractivity contribution is 5.89. The van der Waals surface area contributed by atoms with Crippen molar-refractivity contribution in [2.45, 2.75) is 38.2 Å². The number of halogens is 2. The fraction of sp³-hybridized carbons (Fsp3) is 0.375. The van der Waals surface area contributed by atoms with E-state index < -0.39 is 49.2 Å². The van der Waals surface area contributed by atoms with Crippen LogP contribution in [0.25, 0.3) is 11.1 Å². The normalized spacial score (nSPS) is 14.2. The molecule has 0 spiro atoms. The predicted octanol–water partition coefficient (Wildman–Crippen LogP) is 3.78. The summed E-state index contributed by atoms with van der Waals surface area (Å²) < 4.78 is 30.3. The molecule has 0 heterocycles. The first-order valence-corrected chi connectivity index (χ1v) is 10.7. The number of fused-ring (bicyclic) bond motifs is 3. The van der Waals surface area contributed by atoms with Crippen LogP contribution in [0.4, 0.5) is 13.6 Å². The van der Waals surface area contributed by atoms with Crippen molar-refractivity contribution in [3.8, 4) is 11.1 Å². The Hall–Kier alpha value is -3.49. The monoisotopic (exact) mass is 460 g/mol. The van der Waals surface area contributed by atoms with Crippen molar-refractivity contribution in [3.63, 3.8) is 0 Å².